The zero-order valence-corrected chi connectivity index (χ0v) is 9.62. The van der Waals surface area contributed by atoms with E-state index in [1.165, 1.54) is 0 Å². The smallest absolute Gasteiger partial charge is 0.247 e. The van der Waals surface area contributed by atoms with E-state index in [-0.39, 0.29) is 37.7 Å². The van der Waals surface area contributed by atoms with Crippen LogP contribution in [0.25, 0.3) is 0 Å². The van der Waals surface area contributed by atoms with Crippen LogP contribution in [0.2, 0.25) is 0 Å². The van der Waals surface area contributed by atoms with Gasteiger partial charge in [0.25, 0.3) is 0 Å². The SMILES string of the molecule is C(#Cc1[c-]cccc1)c1[c-]cccc1.[Li+].[Li+]. The molecule has 0 aromatic heterocycles. The van der Waals surface area contributed by atoms with Crippen LogP contribution >= 0.6 is 0 Å². The van der Waals surface area contributed by atoms with Crippen LogP contribution in [0.15, 0.2) is 48.5 Å². The molecule has 0 fully saturated rings. The van der Waals surface area contributed by atoms with Crippen molar-refractivity contribution in [2.45, 2.75) is 0 Å². The van der Waals surface area contributed by atoms with Crippen LogP contribution < -0.4 is 37.7 Å². The fourth-order valence-corrected chi connectivity index (χ4v) is 1.08. The molecule has 0 nitrogen and oxygen atoms in total. The van der Waals surface area contributed by atoms with Gasteiger partial charge in [-0.3, -0.25) is 0 Å². The van der Waals surface area contributed by atoms with Crippen LogP contribution in [0.3, 0.4) is 0 Å². The van der Waals surface area contributed by atoms with Crippen molar-refractivity contribution >= 4 is 0 Å². The number of hydrogen-bond acceptors (Lipinski definition) is 0. The Bertz CT molecular complexity index is 409. The van der Waals surface area contributed by atoms with Gasteiger partial charge in [0.05, 0.1) is 0 Å². The van der Waals surface area contributed by atoms with Crippen LogP contribution in [0.5, 0.6) is 0 Å². The molecule has 0 saturated carbocycles. The topological polar surface area (TPSA) is 0 Å². The summed E-state index contributed by atoms with van der Waals surface area (Å²) in [5.41, 5.74) is 1.81. The number of hydrogen-bond donors (Lipinski definition) is 0. The molecule has 0 unspecified atom stereocenters. The van der Waals surface area contributed by atoms with Crippen molar-refractivity contribution in [1.29, 1.82) is 0 Å². The normalized spacial score (nSPS) is 7.75. The van der Waals surface area contributed by atoms with Crippen LogP contribution in [-0.2, 0) is 0 Å². The molecule has 0 heterocycles. The predicted octanol–water partition coefficient (Wildman–Crippen LogP) is -3.31. The Hall–Kier alpha value is -0.805. The van der Waals surface area contributed by atoms with Crippen LogP contribution in [0, 0.1) is 24.0 Å². The molecule has 0 saturated heterocycles. The Morgan fingerprint density at radius 2 is 1.12 bits per heavy atom. The molecule has 0 aliphatic rings. The summed E-state index contributed by atoms with van der Waals surface area (Å²) in [6.07, 6.45) is 0. The monoisotopic (exact) mass is 190 g/mol. The van der Waals surface area contributed by atoms with Crippen molar-refractivity contribution in [1.82, 2.24) is 0 Å². The van der Waals surface area contributed by atoms with Gasteiger partial charge in [0.15, 0.2) is 0 Å². The van der Waals surface area contributed by atoms with Gasteiger partial charge in [-0.1, -0.05) is 0 Å². The fourth-order valence-electron chi connectivity index (χ4n) is 1.08. The molecule has 16 heavy (non-hydrogen) atoms. The van der Waals surface area contributed by atoms with Gasteiger partial charge in [0, 0.05) is 0 Å². The van der Waals surface area contributed by atoms with E-state index in [0.29, 0.717) is 0 Å². The van der Waals surface area contributed by atoms with Gasteiger partial charge in [-0.15, -0.1) is 71.8 Å². The summed E-state index contributed by atoms with van der Waals surface area (Å²) in [6.45, 7) is 0. The molecule has 0 bridgehead atoms. The molecule has 2 aromatic rings. The first-order valence-electron chi connectivity index (χ1n) is 4.40. The summed E-state index contributed by atoms with van der Waals surface area (Å²) in [5, 5.41) is 0. The van der Waals surface area contributed by atoms with Crippen molar-refractivity contribution in [3.8, 4) is 11.8 Å². The Morgan fingerprint density at radius 3 is 1.44 bits per heavy atom. The quantitative estimate of drug-likeness (QED) is 0.232. The van der Waals surface area contributed by atoms with Crippen molar-refractivity contribution < 1.29 is 37.7 Å². The summed E-state index contributed by atoms with van der Waals surface area (Å²) in [7, 11) is 0. The number of benzene rings is 2. The van der Waals surface area contributed by atoms with E-state index < -0.39 is 0 Å². The van der Waals surface area contributed by atoms with Crippen LogP contribution in [-0.4, -0.2) is 0 Å². The minimum absolute atomic E-state index is 0. The van der Waals surface area contributed by atoms with Crippen LogP contribution in [0.4, 0.5) is 0 Å². The molecular weight excluding hydrogens is 182 g/mol. The average Bonchev–Trinajstić information content (AvgIpc) is 2.29. The third kappa shape index (κ3) is 4.81. The summed E-state index contributed by atoms with van der Waals surface area (Å²) < 4.78 is 0. The molecule has 2 rings (SSSR count). The first kappa shape index (κ1) is 15.2. The molecule has 0 N–H and O–H groups in total. The van der Waals surface area contributed by atoms with Crippen molar-refractivity contribution in [2.75, 3.05) is 0 Å². The number of rotatable bonds is 0. The van der Waals surface area contributed by atoms with Gasteiger partial charge in [-0.25, -0.2) is 11.8 Å². The Labute approximate surface area is 121 Å². The van der Waals surface area contributed by atoms with Crippen molar-refractivity contribution in [3.05, 3.63) is 71.8 Å². The van der Waals surface area contributed by atoms with E-state index in [4.69, 9.17) is 0 Å². The van der Waals surface area contributed by atoms with E-state index >= 15 is 0 Å². The Kier molecular flexibility index (Phi) is 7.94. The molecule has 0 radical (unpaired) electrons. The molecule has 0 aliphatic carbocycles. The first-order chi connectivity index (χ1) is 6.95. The molecule has 66 valence electrons. The summed E-state index contributed by atoms with van der Waals surface area (Å²) in [4.78, 5) is 0. The minimum Gasteiger partial charge on any atom is -0.247 e. The first-order valence-corrected chi connectivity index (χ1v) is 4.40. The average molecular weight is 190 g/mol. The molecule has 0 spiro atoms. The van der Waals surface area contributed by atoms with E-state index in [1.54, 1.807) is 0 Å². The van der Waals surface area contributed by atoms with Crippen molar-refractivity contribution in [2.24, 2.45) is 0 Å². The maximum absolute atomic E-state index is 3.05. The molecule has 0 atom stereocenters. The second-order valence-electron chi connectivity index (χ2n) is 2.80. The van der Waals surface area contributed by atoms with Crippen LogP contribution in [0.1, 0.15) is 11.1 Å². The third-order valence-corrected chi connectivity index (χ3v) is 1.75. The minimum atomic E-state index is 0. The van der Waals surface area contributed by atoms with Gasteiger partial charge < -0.3 is 0 Å². The van der Waals surface area contributed by atoms with E-state index in [9.17, 15) is 0 Å². The standard InChI is InChI=1S/C14H8.2Li/c1-3-7-13(8-4-1)11-12-14-9-5-2-6-10-14;;/h1-7,9H;;/q-2;2*+1. The van der Waals surface area contributed by atoms with E-state index in [1.807, 2.05) is 48.5 Å². The zero-order valence-electron chi connectivity index (χ0n) is 9.62. The second-order valence-corrected chi connectivity index (χ2v) is 2.80. The molecule has 2 heteroatoms. The predicted molar refractivity (Wildman–Crippen MR) is 56.5 cm³/mol. The van der Waals surface area contributed by atoms with Gasteiger partial charge in [-0.2, -0.15) is 0 Å². The molecule has 0 aliphatic heterocycles. The van der Waals surface area contributed by atoms with Gasteiger partial charge in [-0.05, 0) is 0 Å². The molecule has 0 amide bonds. The van der Waals surface area contributed by atoms with Gasteiger partial charge >= 0.3 is 37.7 Å². The fraction of sp³-hybridized carbons (Fsp3) is 0. The summed E-state index contributed by atoms with van der Waals surface area (Å²) in [5.74, 6) is 6.05. The van der Waals surface area contributed by atoms with E-state index in [2.05, 4.69) is 24.0 Å². The largest absolute Gasteiger partial charge is 1.00 e. The Morgan fingerprint density at radius 1 is 0.688 bits per heavy atom. The maximum Gasteiger partial charge on any atom is 1.00 e. The molecular formula is C14H8Li2. The maximum atomic E-state index is 3.05. The third-order valence-electron chi connectivity index (χ3n) is 1.75. The zero-order chi connectivity index (χ0) is 9.64. The Balaban J connectivity index is 0.00000112. The summed E-state index contributed by atoms with van der Waals surface area (Å²) in [6, 6.07) is 21.5. The second kappa shape index (κ2) is 8.36. The van der Waals surface area contributed by atoms with E-state index in [0.717, 1.165) is 11.1 Å². The van der Waals surface area contributed by atoms with Gasteiger partial charge in [0.1, 0.15) is 0 Å². The summed E-state index contributed by atoms with van der Waals surface area (Å²) >= 11 is 0. The molecule has 2 aromatic carbocycles. The van der Waals surface area contributed by atoms with Crippen molar-refractivity contribution in [3.63, 3.8) is 0 Å². The van der Waals surface area contributed by atoms with Gasteiger partial charge in [0.2, 0.25) is 0 Å².